The van der Waals surface area contributed by atoms with E-state index in [1.54, 1.807) is 0 Å². The maximum Gasteiger partial charge on any atom is 0.0549 e. The second kappa shape index (κ2) is 5.64. The molecule has 0 aromatic carbocycles. The summed E-state index contributed by atoms with van der Waals surface area (Å²) >= 11 is 0. The average Bonchev–Trinajstić information content (AvgIpc) is 2.09. The van der Waals surface area contributed by atoms with Crippen molar-refractivity contribution in [2.45, 2.75) is 59.0 Å². The van der Waals surface area contributed by atoms with Crippen LogP contribution in [0.5, 0.6) is 0 Å². The molecular formula is C12H24O. The molecule has 1 rings (SSSR count). The third kappa shape index (κ3) is 3.68. The molecule has 3 unspecified atom stereocenters. The quantitative estimate of drug-likeness (QED) is 0.648. The molecule has 1 saturated carbocycles. The first-order valence-corrected chi connectivity index (χ1v) is 5.85. The number of hydrogen-bond donors (Lipinski definition) is 0. The third-order valence-corrected chi connectivity index (χ3v) is 3.37. The van der Waals surface area contributed by atoms with Crippen molar-refractivity contribution in [1.82, 2.24) is 0 Å². The predicted octanol–water partition coefficient (Wildman–Crippen LogP) is 3.63. The summed E-state index contributed by atoms with van der Waals surface area (Å²) in [4.78, 5) is 0. The molecule has 0 spiro atoms. The molecule has 13 heavy (non-hydrogen) atoms. The molecule has 3 atom stereocenters. The maximum absolute atomic E-state index is 5.59. The fraction of sp³-hybridized carbons (Fsp3) is 1.00. The van der Waals surface area contributed by atoms with Gasteiger partial charge in [0.2, 0.25) is 0 Å². The minimum atomic E-state index is 0.468. The van der Waals surface area contributed by atoms with Gasteiger partial charge in [0.15, 0.2) is 0 Å². The van der Waals surface area contributed by atoms with Gasteiger partial charge < -0.3 is 4.74 Å². The monoisotopic (exact) mass is 184 g/mol. The van der Waals surface area contributed by atoms with Crippen LogP contribution in [0.4, 0.5) is 0 Å². The van der Waals surface area contributed by atoms with Crippen LogP contribution in [0.25, 0.3) is 0 Å². The van der Waals surface area contributed by atoms with Crippen molar-refractivity contribution in [1.29, 1.82) is 0 Å². The largest absolute Gasteiger partial charge is 0.379 e. The molecule has 0 aromatic heterocycles. The van der Waals surface area contributed by atoms with Crippen LogP contribution in [0.1, 0.15) is 52.9 Å². The molecular weight excluding hydrogens is 160 g/mol. The van der Waals surface area contributed by atoms with Gasteiger partial charge in [-0.3, -0.25) is 0 Å². The van der Waals surface area contributed by atoms with Crippen molar-refractivity contribution in [3.8, 4) is 0 Å². The van der Waals surface area contributed by atoms with Crippen LogP contribution in [0.15, 0.2) is 0 Å². The highest BCUT2D eigenvalue weighted by Gasteiger charge is 2.22. The van der Waals surface area contributed by atoms with Crippen LogP contribution in [0.3, 0.4) is 0 Å². The summed E-state index contributed by atoms with van der Waals surface area (Å²) in [7, 11) is 0. The minimum Gasteiger partial charge on any atom is -0.379 e. The van der Waals surface area contributed by atoms with E-state index < -0.39 is 0 Å². The average molecular weight is 184 g/mol. The predicted molar refractivity (Wildman–Crippen MR) is 56.8 cm³/mol. The van der Waals surface area contributed by atoms with Crippen molar-refractivity contribution in [2.24, 2.45) is 11.8 Å². The summed E-state index contributed by atoms with van der Waals surface area (Å²) in [6.45, 7) is 7.57. The van der Waals surface area contributed by atoms with Crippen LogP contribution in [0.2, 0.25) is 0 Å². The molecule has 1 aliphatic rings. The second-order valence-corrected chi connectivity index (χ2v) is 4.52. The van der Waals surface area contributed by atoms with Gasteiger partial charge in [-0.15, -0.1) is 0 Å². The van der Waals surface area contributed by atoms with Gasteiger partial charge in [-0.2, -0.15) is 0 Å². The van der Waals surface area contributed by atoms with Crippen LogP contribution in [-0.2, 0) is 4.74 Å². The van der Waals surface area contributed by atoms with Gasteiger partial charge in [-0.1, -0.05) is 32.6 Å². The van der Waals surface area contributed by atoms with E-state index in [0.717, 1.165) is 18.4 Å². The van der Waals surface area contributed by atoms with E-state index in [-0.39, 0.29) is 0 Å². The zero-order valence-electron chi connectivity index (χ0n) is 9.38. The normalized spacial score (nSPS) is 31.6. The van der Waals surface area contributed by atoms with Gasteiger partial charge in [0, 0.05) is 6.61 Å². The van der Waals surface area contributed by atoms with Crippen molar-refractivity contribution >= 4 is 0 Å². The molecule has 1 heteroatoms. The van der Waals surface area contributed by atoms with Crippen LogP contribution < -0.4 is 0 Å². The number of rotatable bonds is 4. The van der Waals surface area contributed by atoms with Crippen molar-refractivity contribution in [3.63, 3.8) is 0 Å². The van der Waals surface area contributed by atoms with E-state index in [1.807, 2.05) is 0 Å². The lowest BCUT2D eigenvalue weighted by molar-refractivity contribution is 0.0441. The van der Waals surface area contributed by atoms with E-state index in [9.17, 15) is 0 Å². The third-order valence-electron chi connectivity index (χ3n) is 3.37. The number of ether oxygens (including phenoxy) is 1. The zero-order valence-corrected chi connectivity index (χ0v) is 9.38. The Bertz CT molecular complexity index is 133. The molecule has 0 saturated heterocycles. The first-order chi connectivity index (χ1) is 6.24. The van der Waals surface area contributed by atoms with E-state index in [2.05, 4.69) is 20.8 Å². The molecule has 0 bridgehead atoms. The lowest BCUT2D eigenvalue weighted by Gasteiger charge is -2.30. The molecule has 0 N–H and O–H groups in total. The Labute approximate surface area is 82.9 Å². The van der Waals surface area contributed by atoms with Gasteiger partial charge in [0.1, 0.15) is 0 Å². The standard InChI is InChI=1S/C12H24O/c1-4-13-11(3)9-12-8-6-5-7-10(12)2/h10-12H,4-9H2,1-3H3. The summed E-state index contributed by atoms with van der Waals surface area (Å²) in [6.07, 6.45) is 7.49. The topological polar surface area (TPSA) is 9.23 Å². The summed E-state index contributed by atoms with van der Waals surface area (Å²) in [5, 5.41) is 0. The van der Waals surface area contributed by atoms with Crippen molar-refractivity contribution < 1.29 is 4.74 Å². The minimum absolute atomic E-state index is 0.468. The first-order valence-electron chi connectivity index (χ1n) is 5.85. The summed E-state index contributed by atoms with van der Waals surface area (Å²) in [6, 6.07) is 0. The fourth-order valence-corrected chi connectivity index (χ4v) is 2.52. The molecule has 1 fully saturated rings. The van der Waals surface area contributed by atoms with Crippen molar-refractivity contribution in [3.05, 3.63) is 0 Å². The highest BCUT2D eigenvalue weighted by molar-refractivity contribution is 4.74. The van der Waals surface area contributed by atoms with Gasteiger partial charge >= 0.3 is 0 Å². The molecule has 0 radical (unpaired) electrons. The SMILES string of the molecule is CCOC(C)CC1CCCCC1C. The Balaban J connectivity index is 2.25. The molecule has 0 amide bonds. The Morgan fingerprint density at radius 3 is 2.62 bits per heavy atom. The summed E-state index contributed by atoms with van der Waals surface area (Å²) in [5.74, 6) is 1.85. The molecule has 78 valence electrons. The van der Waals surface area contributed by atoms with E-state index in [0.29, 0.717) is 6.10 Å². The Morgan fingerprint density at radius 2 is 2.00 bits per heavy atom. The van der Waals surface area contributed by atoms with E-state index in [4.69, 9.17) is 4.74 Å². The highest BCUT2D eigenvalue weighted by atomic mass is 16.5. The smallest absolute Gasteiger partial charge is 0.0549 e. The zero-order chi connectivity index (χ0) is 9.68. The van der Waals surface area contributed by atoms with Crippen LogP contribution >= 0.6 is 0 Å². The molecule has 1 nitrogen and oxygen atoms in total. The van der Waals surface area contributed by atoms with E-state index >= 15 is 0 Å². The Kier molecular flexibility index (Phi) is 4.79. The summed E-state index contributed by atoms with van der Waals surface area (Å²) in [5.41, 5.74) is 0. The highest BCUT2D eigenvalue weighted by Crippen LogP contribution is 2.33. The van der Waals surface area contributed by atoms with Gasteiger partial charge in [0.25, 0.3) is 0 Å². The Hall–Kier alpha value is -0.0400. The second-order valence-electron chi connectivity index (χ2n) is 4.52. The Morgan fingerprint density at radius 1 is 1.31 bits per heavy atom. The lowest BCUT2D eigenvalue weighted by atomic mass is 9.78. The van der Waals surface area contributed by atoms with Crippen LogP contribution in [-0.4, -0.2) is 12.7 Å². The lowest BCUT2D eigenvalue weighted by Crippen LogP contribution is -2.22. The van der Waals surface area contributed by atoms with Gasteiger partial charge in [-0.05, 0) is 32.1 Å². The first kappa shape index (κ1) is 11.0. The van der Waals surface area contributed by atoms with Crippen LogP contribution in [0, 0.1) is 11.8 Å². The molecule has 1 aliphatic carbocycles. The maximum atomic E-state index is 5.59. The van der Waals surface area contributed by atoms with Gasteiger partial charge in [0.05, 0.1) is 6.10 Å². The molecule has 0 heterocycles. The molecule has 0 aliphatic heterocycles. The van der Waals surface area contributed by atoms with E-state index in [1.165, 1.54) is 32.1 Å². The summed E-state index contributed by atoms with van der Waals surface area (Å²) < 4.78 is 5.59. The van der Waals surface area contributed by atoms with Gasteiger partial charge in [-0.25, -0.2) is 0 Å². The fourth-order valence-electron chi connectivity index (χ4n) is 2.52. The van der Waals surface area contributed by atoms with Crippen molar-refractivity contribution in [2.75, 3.05) is 6.61 Å². The molecule has 0 aromatic rings. The number of hydrogen-bond acceptors (Lipinski definition) is 1.